The summed E-state index contributed by atoms with van der Waals surface area (Å²) in [7, 11) is 0. The van der Waals surface area contributed by atoms with Gasteiger partial charge in [0.1, 0.15) is 5.69 Å². The minimum absolute atomic E-state index is 0.0304. The van der Waals surface area contributed by atoms with E-state index in [9.17, 15) is 19.7 Å². The minimum Gasteiger partial charge on any atom is -0.463 e. The Morgan fingerprint density at radius 3 is 2.39 bits per heavy atom. The summed E-state index contributed by atoms with van der Waals surface area (Å²) in [5.41, 5.74) is 7.04. The van der Waals surface area contributed by atoms with Crippen molar-refractivity contribution in [3.05, 3.63) is 69.3 Å². The quantitative estimate of drug-likeness (QED) is 0.326. The second-order valence-corrected chi connectivity index (χ2v) is 6.71. The van der Waals surface area contributed by atoms with Gasteiger partial charge < -0.3 is 15.8 Å². The third kappa shape index (κ3) is 5.54. The number of nitro benzene ring substituents is 1. The van der Waals surface area contributed by atoms with Gasteiger partial charge in [0.05, 0.1) is 23.5 Å². The number of nitrogens with zero attached hydrogens (tertiary/aromatic N) is 1. The first kappa shape index (κ1) is 20.9. The minimum atomic E-state index is -0.649. The van der Waals surface area contributed by atoms with Crippen molar-refractivity contribution in [1.29, 1.82) is 0 Å². The molecule has 1 atom stereocenters. The molecule has 0 bridgehead atoms. The summed E-state index contributed by atoms with van der Waals surface area (Å²) in [4.78, 5) is 35.2. The van der Waals surface area contributed by atoms with Crippen molar-refractivity contribution in [3.8, 4) is 0 Å². The summed E-state index contributed by atoms with van der Waals surface area (Å²) >= 11 is 0. The Labute approximate surface area is 162 Å². The molecule has 1 amide bonds. The van der Waals surface area contributed by atoms with Crippen LogP contribution in [0, 0.1) is 17.0 Å². The maximum Gasteiger partial charge on any atom is 0.308 e. The fraction of sp³-hybridized carbons (Fsp3) is 0.300. The number of carbonyl (C=O) groups is 2. The first-order chi connectivity index (χ1) is 13.2. The number of esters is 1. The highest BCUT2D eigenvalue weighted by Crippen LogP contribution is 2.24. The molecule has 8 nitrogen and oxygen atoms in total. The number of rotatable bonds is 7. The molecule has 2 rings (SSSR count). The molecule has 0 aliphatic heterocycles. The molecule has 2 aromatic rings. The standard InChI is InChI=1S/C20H23N3O5/c1-12(2)28-19(24)11-17(14-6-4-13(3)5-7-14)22-20(25)15-8-9-16(21)18(10-15)23(26)27/h4-10,12,17H,11,21H2,1-3H3,(H,22,25). The van der Waals surface area contributed by atoms with E-state index in [-0.39, 0.29) is 29.5 Å². The molecule has 0 radical (unpaired) electrons. The topological polar surface area (TPSA) is 125 Å². The zero-order chi connectivity index (χ0) is 20.8. The van der Waals surface area contributed by atoms with Gasteiger partial charge in [0.15, 0.2) is 0 Å². The number of nitrogen functional groups attached to an aromatic ring is 1. The molecule has 0 aliphatic carbocycles. The van der Waals surface area contributed by atoms with Crippen molar-refractivity contribution in [2.75, 3.05) is 5.73 Å². The van der Waals surface area contributed by atoms with E-state index < -0.39 is 22.8 Å². The second-order valence-electron chi connectivity index (χ2n) is 6.71. The number of hydrogen-bond donors (Lipinski definition) is 2. The Morgan fingerprint density at radius 2 is 1.82 bits per heavy atom. The van der Waals surface area contributed by atoms with Crippen molar-refractivity contribution >= 4 is 23.3 Å². The lowest BCUT2D eigenvalue weighted by Crippen LogP contribution is -2.31. The largest absolute Gasteiger partial charge is 0.463 e. The molecule has 0 heterocycles. The zero-order valence-electron chi connectivity index (χ0n) is 16.0. The predicted molar refractivity (Wildman–Crippen MR) is 105 cm³/mol. The van der Waals surface area contributed by atoms with Gasteiger partial charge in [-0.2, -0.15) is 0 Å². The molecule has 1 unspecified atom stereocenters. The van der Waals surface area contributed by atoms with Crippen molar-refractivity contribution in [3.63, 3.8) is 0 Å². The summed E-state index contributed by atoms with van der Waals surface area (Å²) < 4.78 is 5.18. The normalized spacial score (nSPS) is 11.7. The van der Waals surface area contributed by atoms with E-state index in [0.29, 0.717) is 0 Å². The van der Waals surface area contributed by atoms with Crippen LogP contribution >= 0.6 is 0 Å². The van der Waals surface area contributed by atoms with E-state index in [2.05, 4.69) is 5.32 Å². The maximum atomic E-state index is 12.7. The summed E-state index contributed by atoms with van der Waals surface area (Å²) in [6.07, 6.45) is -0.342. The third-order valence-corrected chi connectivity index (χ3v) is 4.01. The van der Waals surface area contributed by atoms with Crippen LogP contribution in [0.4, 0.5) is 11.4 Å². The summed E-state index contributed by atoms with van der Waals surface area (Å²) in [6, 6.07) is 10.5. The Balaban J connectivity index is 2.27. The number of benzene rings is 2. The Kier molecular flexibility index (Phi) is 6.70. The van der Waals surface area contributed by atoms with Crippen LogP contribution in [0.3, 0.4) is 0 Å². The highest BCUT2D eigenvalue weighted by atomic mass is 16.6. The van der Waals surface area contributed by atoms with Crippen molar-refractivity contribution in [1.82, 2.24) is 5.32 Å². The van der Waals surface area contributed by atoms with Crippen molar-refractivity contribution < 1.29 is 19.2 Å². The van der Waals surface area contributed by atoms with E-state index in [1.165, 1.54) is 12.1 Å². The van der Waals surface area contributed by atoms with Gasteiger partial charge in [-0.05, 0) is 38.5 Å². The van der Waals surface area contributed by atoms with Crippen LogP contribution < -0.4 is 11.1 Å². The van der Waals surface area contributed by atoms with E-state index in [0.717, 1.165) is 17.2 Å². The summed E-state index contributed by atoms with van der Waals surface area (Å²) in [6.45, 7) is 5.41. The van der Waals surface area contributed by atoms with Gasteiger partial charge in [-0.3, -0.25) is 19.7 Å². The average Bonchev–Trinajstić information content (AvgIpc) is 2.61. The zero-order valence-corrected chi connectivity index (χ0v) is 16.0. The van der Waals surface area contributed by atoms with Gasteiger partial charge in [0.25, 0.3) is 11.6 Å². The highest BCUT2D eigenvalue weighted by molar-refractivity contribution is 5.96. The third-order valence-electron chi connectivity index (χ3n) is 4.01. The average molecular weight is 385 g/mol. The van der Waals surface area contributed by atoms with Gasteiger partial charge >= 0.3 is 5.97 Å². The van der Waals surface area contributed by atoms with Crippen molar-refractivity contribution in [2.24, 2.45) is 0 Å². The highest BCUT2D eigenvalue weighted by Gasteiger charge is 2.22. The monoisotopic (exact) mass is 385 g/mol. The molecule has 2 aromatic carbocycles. The molecule has 3 N–H and O–H groups in total. The Morgan fingerprint density at radius 1 is 1.18 bits per heavy atom. The molecule has 8 heteroatoms. The lowest BCUT2D eigenvalue weighted by Gasteiger charge is -2.20. The fourth-order valence-electron chi connectivity index (χ4n) is 2.61. The molecule has 0 spiro atoms. The first-order valence-corrected chi connectivity index (χ1v) is 8.78. The van der Waals surface area contributed by atoms with Gasteiger partial charge in [0, 0.05) is 11.6 Å². The SMILES string of the molecule is Cc1ccc(C(CC(=O)OC(C)C)NC(=O)c2ccc(N)c([N+](=O)[O-])c2)cc1. The van der Waals surface area contributed by atoms with Crippen LogP contribution in [0.15, 0.2) is 42.5 Å². The number of aryl methyl sites for hydroxylation is 1. The van der Waals surface area contributed by atoms with E-state index in [4.69, 9.17) is 10.5 Å². The van der Waals surface area contributed by atoms with Crippen LogP contribution in [-0.4, -0.2) is 22.9 Å². The molecular formula is C20H23N3O5. The lowest BCUT2D eigenvalue weighted by molar-refractivity contribution is -0.383. The second kappa shape index (κ2) is 8.98. The number of nitrogens with one attached hydrogen (secondary N) is 1. The fourth-order valence-corrected chi connectivity index (χ4v) is 2.61. The number of amides is 1. The Bertz CT molecular complexity index is 878. The van der Waals surface area contributed by atoms with Crippen molar-refractivity contribution in [2.45, 2.75) is 39.3 Å². The number of nitro groups is 1. The van der Waals surface area contributed by atoms with Crippen LogP contribution in [0.5, 0.6) is 0 Å². The van der Waals surface area contributed by atoms with Gasteiger partial charge in [-0.15, -0.1) is 0 Å². The smallest absolute Gasteiger partial charge is 0.308 e. The van der Waals surface area contributed by atoms with Crippen LogP contribution in [0.25, 0.3) is 0 Å². The summed E-state index contributed by atoms with van der Waals surface area (Å²) in [5, 5.41) is 13.8. The number of hydrogen-bond acceptors (Lipinski definition) is 6. The molecule has 0 saturated heterocycles. The molecular weight excluding hydrogens is 362 g/mol. The number of carbonyl (C=O) groups excluding carboxylic acids is 2. The van der Waals surface area contributed by atoms with Gasteiger partial charge in [0.2, 0.25) is 0 Å². The predicted octanol–water partition coefficient (Wildman–Crippen LogP) is 3.30. The van der Waals surface area contributed by atoms with E-state index in [1.807, 2.05) is 31.2 Å². The Hall–Kier alpha value is -3.42. The first-order valence-electron chi connectivity index (χ1n) is 8.78. The molecule has 28 heavy (non-hydrogen) atoms. The summed E-state index contributed by atoms with van der Waals surface area (Å²) in [5.74, 6) is -1.00. The lowest BCUT2D eigenvalue weighted by atomic mass is 10.0. The van der Waals surface area contributed by atoms with Gasteiger partial charge in [-0.1, -0.05) is 29.8 Å². The van der Waals surface area contributed by atoms with Gasteiger partial charge in [-0.25, -0.2) is 0 Å². The molecule has 0 aromatic heterocycles. The van der Waals surface area contributed by atoms with Crippen LogP contribution in [0.1, 0.15) is 47.8 Å². The molecule has 0 fully saturated rings. The van der Waals surface area contributed by atoms with E-state index in [1.54, 1.807) is 13.8 Å². The van der Waals surface area contributed by atoms with Crippen LogP contribution in [0.2, 0.25) is 0 Å². The number of anilines is 1. The number of nitrogens with two attached hydrogens (primary N) is 1. The van der Waals surface area contributed by atoms with E-state index >= 15 is 0 Å². The van der Waals surface area contributed by atoms with Crippen LogP contribution in [-0.2, 0) is 9.53 Å². The maximum absolute atomic E-state index is 12.7. The number of ether oxygens (including phenoxy) is 1. The molecule has 148 valence electrons. The molecule has 0 aliphatic rings. The molecule has 0 saturated carbocycles.